The summed E-state index contributed by atoms with van der Waals surface area (Å²) in [5, 5.41) is 0. The molecule has 0 spiro atoms. The highest BCUT2D eigenvalue weighted by atomic mass is 127. The van der Waals surface area contributed by atoms with E-state index in [-0.39, 0.29) is 35.9 Å². The Balaban J connectivity index is 0. The third-order valence-corrected chi connectivity index (χ3v) is 4.07. The molecule has 1 saturated carbocycles. The van der Waals surface area contributed by atoms with Gasteiger partial charge in [-0.3, -0.25) is 9.79 Å². The molecule has 0 heterocycles. The van der Waals surface area contributed by atoms with Crippen LogP contribution in [-0.2, 0) is 9.53 Å². The van der Waals surface area contributed by atoms with Gasteiger partial charge in [0.15, 0.2) is 0 Å². The first-order valence-corrected chi connectivity index (χ1v) is 10.0. The lowest BCUT2D eigenvalue weighted by molar-refractivity contribution is -0.142. The molecule has 1 aliphatic carbocycles. The van der Waals surface area contributed by atoms with Crippen molar-refractivity contribution in [3.63, 3.8) is 0 Å². The fraction of sp³-hybridized carbons (Fsp3) is 0.308. The smallest absolute Gasteiger partial charge is 0.424 e. The molecule has 1 fully saturated rings. The number of aliphatic imine (C=N–C) groups is 1. The number of alkyl halides is 3. The molecule has 3 nitrogen and oxygen atoms in total. The van der Waals surface area contributed by atoms with Gasteiger partial charge in [0.05, 0.1) is 13.0 Å². The Morgan fingerprint density at radius 3 is 2.18 bits per heavy atom. The first kappa shape index (κ1) is 32.6. The molecule has 0 atom stereocenters. The maximum Gasteiger partial charge on any atom is 0.424 e. The van der Waals surface area contributed by atoms with Gasteiger partial charge in [-0.2, -0.15) is 13.2 Å². The number of hydrogen-bond donors (Lipinski definition) is 0. The van der Waals surface area contributed by atoms with Crippen molar-refractivity contribution in [1.82, 2.24) is 0 Å². The van der Waals surface area contributed by atoms with Crippen LogP contribution in [-0.4, -0.2) is 25.5 Å². The summed E-state index contributed by atoms with van der Waals surface area (Å²) in [6.07, 6.45) is 8.78. The molecule has 7 heteroatoms. The minimum absolute atomic E-state index is 0. The molecule has 0 amide bonds. The highest BCUT2D eigenvalue weighted by molar-refractivity contribution is 14.0. The predicted molar refractivity (Wildman–Crippen MR) is 141 cm³/mol. The van der Waals surface area contributed by atoms with Gasteiger partial charge in [0, 0.05) is 11.9 Å². The van der Waals surface area contributed by atoms with Gasteiger partial charge in [-0.1, -0.05) is 68.5 Å². The van der Waals surface area contributed by atoms with Crippen LogP contribution in [0.4, 0.5) is 13.2 Å². The van der Waals surface area contributed by atoms with E-state index in [1.54, 1.807) is 0 Å². The Bertz CT molecular complexity index is 875. The summed E-state index contributed by atoms with van der Waals surface area (Å²) < 4.78 is 39.4. The van der Waals surface area contributed by atoms with Gasteiger partial charge in [-0.25, -0.2) is 0 Å². The average molecular weight is 573 g/mol. The molecule has 180 valence electrons. The number of ether oxygens (including phenoxy) is 1. The van der Waals surface area contributed by atoms with Crippen LogP contribution in [0.1, 0.15) is 38.7 Å². The molecule has 0 bridgehead atoms. The summed E-state index contributed by atoms with van der Waals surface area (Å²) >= 11 is 0. The second-order valence-electron chi connectivity index (χ2n) is 6.54. The molecule has 2 rings (SSSR count). The maximum atomic E-state index is 11.6. The highest BCUT2D eigenvalue weighted by Crippen LogP contribution is 2.29. The number of carbonyl (C=O) groups is 1. The van der Waals surface area contributed by atoms with Crippen LogP contribution < -0.4 is 0 Å². The zero-order chi connectivity index (χ0) is 24.6. The Hall–Kier alpha value is -2.60. The van der Waals surface area contributed by atoms with E-state index in [0.717, 1.165) is 42.7 Å². The summed E-state index contributed by atoms with van der Waals surface area (Å²) in [6.45, 7) is 11.0. The van der Waals surface area contributed by atoms with E-state index < -0.39 is 11.7 Å². The predicted octanol–water partition coefficient (Wildman–Crippen LogP) is 7.57. The summed E-state index contributed by atoms with van der Waals surface area (Å²) in [4.78, 5) is 14.7. The van der Waals surface area contributed by atoms with Crippen LogP contribution in [0.2, 0.25) is 0 Å². The summed E-state index contributed by atoms with van der Waals surface area (Å²) in [7, 11) is 1.43. The SMILES string of the molecule is C#C/C(=C\C=C)C(F)(F)F.C=C(CC)N=C/C(=C\C)c1ccccc1.COC(=O)C1CC1.I. The molecular weight excluding hydrogens is 542 g/mol. The fourth-order valence-electron chi connectivity index (χ4n) is 2.03. The van der Waals surface area contributed by atoms with E-state index in [0.29, 0.717) is 0 Å². The minimum atomic E-state index is -4.43. The Morgan fingerprint density at radius 2 is 1.88 bits per heavy atom. The summed E-state index contributed by atoms with van der Waals surface area (Å²) in [6, 6.07) is 10.2. The third-order valence-electron chi connectivity index (χ3n) is 4.07. The van der Waals surface area contributed by atoms with Crippen LogP contribution >= 0.6 is 24.0 Å². The standard InChI is InChI=1S/C14H17N.C7H5F3.C5H8O2.HI/c1-4-12(3)15-11-13(5-2)14-9-7-6-8-10-14;1-3-5-6(4-2)7(8,9)10;1-7-5(6)4-2-3-4;/h5-11H,3-4H2,1-2H3;2-3,5H,1H2;4H,2-3H2,1H3;1H/b13-5+,15-11?;6-5+;;. The number of terminal acetylenes is 1. The normalized spacial score (nSPS) is 13.2. The summed E-state index contributed by atoms with van der Waals surface area (Å²) in [5.74, 6) is 1.72. The molecule has 0 aliphatic heterocycles. The van der Waals surface area contributed by atoms with E-state index in [9.17, 15) is 18.0 Å². The van der Waals surface area contributed by atoms with Crippen molar-refractivity contribution in [3.8, 4) is 12.3 Å². The van der Waals surface area contributed by atoms with Crippen molar-refractivity contribution >= 4 is 41.7 Å². The Labute approximate surface area is 212 Å². The summed E-state index contributed by atoms with van der Waals surface area (Å²) in [5.41, 5.74) is 2.21. The Morgan fingerprint density at radius 1 is 1.30 bits per heavy atom. The number of methoxy groups -OCH3 is 1. The fourth-order valence-corrected chi connectivity index (χ4v) is 2.03. The van der Waals surface area contributed by atoms with Crippen molar-refractivity contribution in [3.05, 3.63) is 78.6 Å². The number of hydrogen-bond acceptors (Lipinski definition) is 3. The minimum Gasteiger partial charge on any atom is -0.469 e. The Kier molecular flexibility index (Phi) is 17.7. The number of benzene rings is 1. The first-order chi connectivity index (χ1) is 15.1. The van der Waals surface area contributed by atoms with Gasteiger partial charge in [0.1, 0.15) is 5.57 Å². The number of halogens is 4. The van der Waals surface area contributed by atoms with Gasteiger partial charge < -0.3 is 4.74 Å². The van der Waals surface area contributed by atoms with Gasteiger partial charge in [0.25, 0.3) is 0 Å². The van der Waals surface area contributed by atoms with Gasteiger partial charge in [0.2, 0.25) is 0 Å². The van der Waals surface area contributed by atoms with Gasteiger partial charge >= 0.3 is 12.1 Å². The van der Waals surface area contributed by atoms with E-state index in [2.05, 4.69) is 54.4 Å². The molecule has 0 saturated heterocycles. The van der Waals surface area contributed by atoms with Crippen LogP contribution in [0.5, 0.6) is 0 Å². The largest absolute Gasteiger partial charge is 0.469 e. The molecule has 33 heavy (non-hydrogen) atoms. The van der Waals surface area contributed by atoms with Gasteiger partial charge in [-0.05, 0) is 43.4 Å². The molecular formula is C26H31F3INO2. The number of allylic oxidation sites excluding steroid dienone is 6. The van der Waals surface area contributed by atoms with Crippen molar-refractivity contribution in [1.29, 1.82) is 0 Å². The van der Waals surface area contributed by atoms with Crippen LogP contribution in [0.15, 0.2) is 78.0 Å². The monoisotopic (exact) mass is 573 g/mol. The van der Waals surface area contributed by atoms with Crippen LogP contribution in [0.25, 0.3) is 5.57 Å². The number of esters is 1. The highest BCUT2D eigenvalue weighted by Gasteiger charge is 2.31. The molecule has 1 aliphatic rings. The second-order valence-corrected chi connectivity index (χ2v) is 6.54. The van der Waals surface area contributed by atoms with Crippen LogP contribution in [0, 0.1) is 18.3 Å². The second kappa shape index (κ2) is 17.9. The van der Waals surface area contributed by atoms with E-state index in [1.807, 2.05) is 31.3 Å². The van der Waals surface area contributed by atoms with Crippen molar-refractivity contribution in [2.75, 3.05) is 7.11 Å². The van der Waals surface area contributed by atoms with Crippen molar-refractivity contribution in [2.24, 2.45) is 10.9 Å². The zero-order valence-corrected chi connectivity index (χ0v) is 21.5. The first-order valence-electron chi connectivity index (χ1n) is 10.0. The topological polar surface area (TPSA) is 38.7 Å². The molecule has 0 radical (unpaired) electrons. The van der Waals surface area contributed by atoms with Gasteiger partial charge in [-0.15, -0.1) is 30.4 Å². The molecule has 0 unspecified atom stereocenters. The third kappa shape index (κ3) is 15.0. The lowest BCUT2D eigenvalue weighted by Gasteiger charge is -2.02. The molecule has 0 aromatic heterocycles. The van der Waals surface area contributed by atoms with E-state index >= 15 is 0 Å². The number of carbonyl (C=O) groups excluding carboxylic acids is 1. The molecule has 1 aromatic rings. The lowest BCUT2D eigenvalue weighted by atomic mass is 10.1. The van der Waals surface area contributed by atoms with Crippen LogP contribution in [0.3, 0.4) is 0 Å². The molecule has 0 N–H and O–H groups in total. The van der Waals surface area contributed by atoms with E-state index in [1.165, 1.54) is 18.6 Å². The zero-order valence-electron chi connectivity index (χ0n) is 19.2. The van der Waals surface area contributed by atoms with Crippen molar-refractivity contribution < 1.29 is 22.7 Å². The van der Waals surface area contributed by atoms with Crippen molar-refractivity contribution in [2.45, 2.75) is 39.3 Å². The maximum absolute atomic E-state index is 11.6. The molecule has 1 aromatic carbocycles. The number of rotatable bonds is 6. The quantitative estimate of drug-likeness (QED) is 0.116. The number of nitrogens with zero attached hydrogens (tertiary/aromatic N) is 1. The lowest BCUT2D eigenvalue weighted by Crippen LogP contribution is -2.09. The van der Waals surface area contributed by atoms with E-state index in [4.69, 9.17) is 0 Å². The average Bonchev–Trinajstić information content (AvgIpc) is 3.63.